The van der Waals surface area contributed by atoms with Crippen molar-refractivity contribution in [2.24, 2.45) is 0 Å². The fraction of sp³-hybridized carbons (Fsp3) is 0.786. The summed E-state index contributed by atoms with van der Waals surface area (Å²) in [6.07, 6.45) is 0.214. The van der Waals surface area contributed by atoms with Gasteiger partial charge in [-0.3, -0.25) is 9.69 Å². The zero-order chi connectivity index (χ0) is 15.8. The maximum Gasteiger partial charge on any atom is 0.410 e. The molecule has 0 spiro atoms. The molecule has 7 heteroatoms. The molecule has 2 heterocycles. The first-order chi connectivity index (χ1) is 9.74. The highest BCUT2D eigenvalue weighted by Gasteiger charge is 2.46. The molecule has 21 heavy (non-hydrogen) atoms. The second-order valence-electron chi connectivity index (χ2n) is 6.35. The highest BCUT2D eigenvalue weighted by Crippen LogP contribution is 2.22. The minimum atomic E-state index is -0.576. The Morgan fingerprint density at radius 1 is 1.29 bits per heavy atom. The van der Waals surface area contributed by atoms with Crippen molar-refractivity contribution in [1.29, 1.82) is 0 Å². The van der Waals surface area contributed by atoms with E-state index in [0.717, 1.165) is 0 Å². The summed E-state index contributed by atoms with van der Waals surface area (Å²) in [7, 11) is 0. The van der Waals surface area contributed by atoms with Gasteiger partial charge in [0, 0.05) is 19.6 Å². The van der Waals surface area contributed by atoms with E-state index in [4.69, 9.17) is 4.74 Å². The van der Waals surface area contributed by atoms with E-state index in [1.165, 1.54) is 9.80 Å². The van der Waals surface area contributed by atoms with Gasteiger partial charge in [0.15, 0.2) is 0 Å². The first-order valence-electron chi connectivity index (χ1n) is 7.34. The fourth-order valence-electron chi connectivity index (χ4n) is 2.64. The first-order valence-corrected chi connectivity index (χ1v) is 7.34. The van der Waals surface area contributed by atoms with E-state index in [0.29, 0.717) is 26.1 Å². The van der Waals surface area contributed by atoms with Crippen molar-refractivity contribution in [3.63, 3.8) is 0 Å². The van der Waals surface area contributed by atoms with Gasteiger partial charge in [-0.25, -0.2) is 9.59 Å². The van der Waals surface area contributed by atoms with Crippen molar-refractivity contribution in [2.45, 2.75) is 45.8 Å². The van der Waals surface area contributed by atoms with Crippen LogP contribution >= 0.6 is 0 Å². The molecule has 0 N–H and O–H groups in total. The second-order valence-corrected chi connectivity index (χ2v) is 6.35. The molecule has 2 rings (SSSR count). The van der Waals surface area contributed by atoms with E-state index >= 15 is 0 Å². The molecule has 0 bridgehead atoms. The summed E-state index contributed by atoms with van der Waals surface area (Å²) in [5.74, 6) is -0.224. The van der Waals surface area contributed by atoms with Crippen LogP contribution in [0, 0.1) is 0 Å². The number of carbonyl (C=O) groups is 3. The minimum absolute atomic E-state index is 0.204. The number of fused-ring (bicyclic) bond motifs is 1. The van der Waals surface area contributed by atoms with Crippen LogP contribution in [0.5, 0.6) is 0 Å². The van der Waals surface area contributed by atoms with Crippen molar-refractivity contribution in [3.05, 3.63) is 0 Å². The fourth-order valence-corrected chi connectivity index (χ4v) is 2.64. The number of hydrogen-bond donors (Lipinski definition) is 0. The molecule has 2 fully saturated rings. The van der Waals surface area contributed by atoms with Crippen LogP contribution in [0.1, 0.15) is 34.1 Å². The monoisotopic (exact) mass is 297 g/mol. The van der Waals surface area contributed by atoms with Crippen LogP contribution < -0.4 is 0 Å². The maximum atomic E-state index is 12.3. The van der Waals surface area contributed by atoms with E-state index in [2.05, 4.69) is 0 Å². The molecule has 0 saturated carbocycles. The Kier molecular flexibility index (Phi) is 4.11. The van der Waals surface area contributed by atoms with E-state index in [-0.39, 0.29) is 18.5 Å². The average Bonchev–Trinajstić information content (AvgIpc) is 2.56. The lowest BCUT2D eigenvalue weighted by atomic mass is 10.2. The standard InChI is InChI=1S/C14H23N3O4/c1-5-16-11(18)10-9-15(13(20)21-14(2,3)4)7-6-8-17(10)12(16)19/h10H,5-9H2,1-4H3. The van der Waals surface area contributed by atoms with Gasteiger partial charge in [0.05, 0.1) is 6.54 Å². The highest BCUT2D eigenvalue weighted by molar-refractivity contribution is 6.04. The zero-order valence-electron chi connectivity index (χ0n) is 13.1. The van der Waals surface area contributed by atoms with Crippen molar-refractivity contribution >= 4 is 18.0 Å². The molecule has 0 radical (unpaired) electrons. The SMILES string of the molecule is CCN1C(=O)C2CN(C(=O)OC(C)(C)C)CCCN2C1=O. The molecular formula is C14H23N3O4. The molecule has 2 aliphatic rings. The van der Waals surface area contributed by atoms with Gasteiger partial charge in [-0.05, 0) is 34.1 Å². The highest BCUT2D eigenvalue weighted by atomic mass is 16.6. The zero-order valence-corrected chi connectivity index (χ0v) is 13.1. The lowest BCUT2D eigenvalue weighted by molar-refractivity contribution is -0.128. The van der Waals surface area contributed by atoms with Gasteiger partial charge >= 0.3 is 12.1 Å². The van der Waals surface area contributed by atoms with Gasteiger partial charge in [-0.2, -0.15) is 0 Å². The molecule has 0 aromatic heterocycles. The van der Waals surface area contributed by atoms with Crippen LogP contribution in [-0.2, 0) is 9.53 Å². The van der Waals surface area contributed by atoms with Crippen molar-refractivity contribution < 1.29 is 19.1 Å². The van der Waals surface area contributed by atoms with Crippen LogP contribution in [0.25, 0.3) is 0 Å². The number of likely N-dealkylation sites (N-methyl/N-ethyl adjacent to an activating group) is 1. The van der Waals surface area contributed by atoms with Gasteiger partial charge in [0.2, 0.25) is 0 Å². The van der Waals surface area contributed by atoms with E-state index < -0.39 is 17.7 Å². The van der Waals surface area contributed by atoms with E-state index in [1.54, 1.807) is 32.6 Å². The summed E-state index contributed by atoms with van der Waals surface area (Å²) in [4.78, 5) is 40.9. The topological polar surface area (TPSA) is 70.2 Å². The third-order valence-electron chi connectivity index (χ3n) is 3.59. The Morgan fingerprint density at radius 2 is 1.95 bits per heavy atom. The lowest BCUT2D eigenvalue weighted by Crippen LogP contribution is -2.45. The molecule has 2 aliphatic heterocycles. The number of hydrogen-bond acceptors (Lipinski definition) is 4. The van der Waals surface area contributed by atoms with Crippen LogP contribution in [0.2, 0.25) is 0 Å². The third-order valence-corrected chi connectivity index (χ3v) is 3.59. The average molecular weight is 297 g/mol. The summed E-state index contributed by atoms with van der Waals surface area (Å²) in [5.41, 5.74) is -0.575. The quantitative estimate of drug-likeness (QED) is 0.684. The molecule has 1 atom stereocenters. The second kappa shape index (κ2) is 5.54. The number of imide groups is 1. The number of ether oxygens (including phenoxy) is 1. The van der Waals surface area contributed by atoms with Crippen molar-refractivity contribution in [1.82, 2.24) is 14.7 Å². The van der Waals surface area contributed by atoms with E-state index in [9.17, 15) is 14.4 Å². The van der Waals surface area contributed by atoms with Gasteiger partial charge in [0.25, 0.3) is 5.91 Å². The number of amides is 4. The molecular weight excluding hydrogens is 274 g/mol. The van der Waals surface area contributed by atoms with Gasteiger partial charge in [-0.15, -0.1) is 0 Å². The Bertz CT molecular complexity index is 458. The number of carbonyl (C=O) groups excluding carboxylic acids is 3. The van der Waals surface area contributed by atoms with Gasteiger partial charge in [0.1, 0.15) is 11.6 Å². The predicted molar refractivity (Wildman–Crippen MR) is 75.7 cm³/mol. The van der Waals surface area contributed by atoms with Gasteiger partial charge < -0.3 is 14.5 Å². The largest absolute Gasteiger partial charge is 0.444 e. The smallest absolute Gasteiger partial charge is 0.410 e. The Hall–Kier alpha value is -1.79. The summed E-state index contributed by atoms with van der Waals surface area (Å²) in [6.45, 7) is 8.73. The molecule has 4 amide bonds. The molecule has 0 aromatic rings. The third kappa shape index (κ3) is 3.11. The normalized spacial score (nSPS) is 23.2. The lowest BCUT2D eigenvalue weighted by Gasteiger charge is -2.27. The number of urea groups is 1. The van der Waals surface area contributed by atoms with Crippen molar-refractivity contribution in [3.8, 4) is 0 Å². The van der Waals surface area contributed by atoms with Crippen LogP contribution in [0.15, 0.2) is 0 Å². The Labute approximate surface area is 124 Å². The molecule has 118 valence electrons. The summed E-state index contributed by atoms with van der Waals surface area (Å²) >= 11 is 0. The summed E-state index contributed by atoms with van der Waals surface area (Å²) in [5, 5.41) is 0. The number of nitrogens with zero attached hydrogens (tertiary/aromatic N) is 3. The van der Waals surface area contributed by atoms with Crippen molar-refractivity contribution in [2.75, 3.05) is 26.2 Å². The van der Waals surface area contributed by atoms with Crippen LogP contribution in [0.4, 0.5) is 9.59 Å². The molecule has 0 aliphatic carbocycles. The summed E-state index contributed by atoms with van der Waals surface area (Å²) in [6, 6.07) is -0.828. The molecule has 7 nitrogen and oxygen atoms in total. The van der Waals surface area contributed by atoms with Crippen LogP contribution in [-0.4, -0.2) is 70.6 Å². The Morgan fingerprint density at radius 3 is 2.52 bits per heavy atom. The molecule has 0 aromatic carbocycles. The maximum absolute atomic E-state index is 12.3. The minimum Gasteiger partial charge on any atom is -0.444 e. The van der Waals surface area contributed by atoms with E-state index in [1.807, 2.05) is 0 Å². The first kappa shape index (κ1) is 15.6. The Balaban J connectivity index is 2.12. The molecule has 2 saturated heterocycles. The number of rotatable bonds is 1. The van der Waals surface area contributed by atoms with Crippen LogP contribution in [0.3, 0.4) is 0 Å². The summed E-state index contributed by atoms with van der Waals surface area (Å²) < 4.78 is 5.36. The van der Waals surface area contributed by atoms with Gasteiger partial charge in [-0.1, -0.05) is 0 Å². The predicted octanol–water partition coefficient (Wildman–Crippen LogP) is 1.28. The molecule has 1 unspecified atom stereocenters.